The highest BCUT2D eigenvalue weighted by atomic mass is 16.5. The highest BCUT2D eigenvalue weighted by molar-refractivity contribution is 5.96. The quantitative estimate of drug-likeness (QED) is 0.326. The second-order valence-corrected chi connectivity index (χ2v) is 7.08. The van der Waals surface area contributed by atoms with Crippen LogP contribution in [0.2, 0.25) is 0 Å². The Morgan fingerprint density at radius 1 is 0.800 bits per heavy atom. The number of rotatable bonds is 6. The Morgan fingerprint density at radius 3 is 1.93 bits per heavy atom. The topological polar surface area (TPSA) is 124 Å². The Bertz CT molecular complexity index is 1010. The van der Waals surface area contributed by atoms with E-state index in [-0.39, 0.29) is 28.8 Å². The van der Waals surface area contributed by atoms with E-state index in [0.29, 0.717) is 24.0 Å². The van der Waals surface area contributed by atoms with Crippen molar-refractivity contribution in [2.24, 2.45) is 5.92 Å². The summed E-state index contributed by atoms with van der Waals surface area (Å²) in [5.74, 6) is -2.27. The lowest BCUT2D eigenvalue weighted by Crippen LogP contribution is -2.26. The molecule has 0 heterocycles. The smallest absolute Gasteiger partial charge is 0.331 e. The first-order valence-corrected chi connectivity index (χ1v) is 9.48. The fourth-order valence-corrected chi connectivity index (χ4v) is 3.34. The van der Waals surface area contributed by atoms with Crippen LogP contribution in [0.1, 0.15) is 30.4 Å². The number of phenolic OH excluding ortho intramolecular Hbond substituents is 4. The molecule has 30 heavy (non-hydrogen) atoms. The molecule has 0 spiro atoms. The molecule has 1 saturated carbocycles. The zero-order chi connectivity index (χ0) is 21.7. The molecule has 1 aliphatic carbocycles. The monoisotopic (exact) mass is 410 g/mol. The van der Waals surface area contributed by atoms with Crippen LogP contribution in [0, 0.1) is 5.92 Å². The van der Waals surface area contributed by atoms with Crippen molar-refractivity contribution in [2.75, 3.05) is 0 Å². The van der Waals surface area contributed by atoms with Gasteiger partial charge in [-0.15, -0.1) is 0 Å². The van der Waals surface area contributed by atoms with Crippen LogP contribution < -0.4 is 0 Å². The van der Waals surface area contributed by atoms with Crippen LogP contribution in [-0.2, 0) is 14.3 Å². The van der Waals surface area contributed by atoms with E-state index in [4.69, 9.17) is 4.74 Å². The molecule has 7 nitrogen and oxygen atoms in total. The average Bonchev–Trinajstić information content (AvgIpc) is 3.17. The summed E-state index contributed by atoms with van der Waals surface area (Å²) in [5.41, 5.74) is 1.08. The lowest BCUT2D eigenvalue weighted by Gasteiger charge is -2.17. The van der Waals surface area contributed by atoms with Crippen LogP contribution >= 0.6 is 0 Å². The third-order valence-electron chi connectivity index (χ3n) is 4.94. The highest BCUT2D eigenvalue weighted by Gasteiger charge is 2.34. The largest absolute Gasteiger partial charge is 0.504 e. The number of ketones is 1. The second-order valence-electron chi connectivity index (χ2n) is 7.08. The third-order valence-corrected chi connectivity index (χ3v) is 4.94. The zero-order valence-corrected chi connectivity index (χ0v) is 16.1. The summed E-state index contributed by atoms with van der Waals surface area (Å²) in [4.78, 5) is 24.7. The van der Waals surface area contributed by atoms with Crippen molar-refractivity contribution in [3.63, 3.8) is 0 Å². The average molecular weight is 410 g/mol. The molecule has 3 rings (SSSR count). The molecule has 0 aromatic heterocycles. The summed E-state index contributed by atoms with van der Waals surface area (Å²) in [6.45, 7) is 0. The summed E-state index contributed by atoms with van der Waals surface area (Å²) in [5, 5.41) is 37.6. The van der Waals surface area contributed by atoms with Crippen molar-refractivity contribution >= 4 is 23.9 Å². The fourth-order valence-electron chi connectivity index (χ4n) is 3.34. The minimum absolute atomic E-state index is 0.176. The Kier molecular flexibility index (Phi) is 6.41. The molecule has 1 aliphatic rings. The van der Waals surface area contributed by atoms with Gasteiger partial charge in [0, 0.05) is 6.08 Å². The van der Waals surface area contributed by atoms with Crippen molar-refractivity contribution < 1.29 is 34.8 Å². The van der Waals surface area contributed by atoms with Crippen LogP contribution in [0.15, 0.2) is 48.6 Å². The molecule has 2 aromatic rings. The molecule has 1 fully saturated rings. The molecule has 4 N–H and O–H groups in total. The number of carbonyl (C=O) groups is 2. The number of benzene rings is 2. The molecule has 0 unspecified atom stereocenters. The van der Waals surface area contributed by atoms with E-state index in [1.54, 1.807) is 6.07 Å². The molecule has 0 radical (unpaired) electrons. The first-order valence-electron chi connectivity index (χ1n) is 9.48. The van der Waals surface area contributed by atoms with Gasteiger partial charge in [0.05, 0.1) is 5.92 Å². The number of hydrogen-bond donors (Lipinski definition) is 4. The Morgan fingerprint density at radius 2 is 1.37 bits per heavy atom. The molecule has 156 valence electrons. The van der Waals surface area contributed by atoms with E-state index in [9.17, 15) is 30.0 Å². The van der Waals surface area contributed by atoms with Gasteiger partial charge in [-0.3, -0.25) is 4.79 Å². The number of phenols is 4. The highest BCUT2D eigenvalue weighted by Crippen LogP contribution is 2.31. The van der Waals surface area contributed by atoms with E-state index in [2.05, 4.69) is 0 Å². The van der Waals surface area contributed by atoms with E-state index >= 15 is 0 Å². The van der Waals surface area contributed by atoms with Gasteiger partial charge in [-0.25, -0.2) is 4.79 Å². The van der Waals surface area contributed by atoms with Crippen LogP contribution in [0.4, 0.5) is 0 Å². The maximum Gasteiger partial charge on any atom is 0.331 e. The van der Waals surface area contributed by atoms with E-state index in [1.807, 2.05) is 0 Å². The van der Waals surface area contributed by atoms with Crippen molar-refractivity contribution in [2.45, 2.75) is 25.4 Å². The summed E-state index contributed by atoms with van der Waals surface area (Å²) < 4.78 is 5.44. The number of esters is 1. The summed E-state index contributed by atoms with van der Waals surface area (Å²) in [6.07, 6.45) is 7.01. The first kappa shape index (κ1) is 21.0. The summed E-state index contributed by atoms with van der Waals surface area (Å²) in [7, 11) is 0. The number of allylic oxidation sites excluding steroid dienone is 1. The zero-order valence-electron chi connectivity index (χ0n) is 16.1. The SMILES string of the molecule is O=C(C=Cc1ccc(O)c(O)c1)O[C@H]1CCC[C@H]1C(=O)C=Cc1ccc(O)c(O)c1. The Hall–Kier alpha value is -3.74. The lowest BCUT2D eigenvalue weighted by atomic mass is 9.99. The van der Waals surface area contributed by atoms with E-state index < -0.39 is 18.0 Å². The second kappa shape index (κ2) is 9.17. The molecule has 0 amide bonds. The van der Waals surface area contributed by atoms with Crippen molar-refractivity contribution in [3.8, 4) is 23.0 Å². The number of hydrogen-bond acceptors (Lipinski definition) is 7. The standard InChI is InChI=1S/C23H22O7/c24-17(8-4-14-5-9-18(25)20(27)12-14)16-2-1-3-22(16)30-23(29)11-7-15-6-10-19(26)21(28)13-15/h4-13,16,22,25-28H,1-3H2/t16-,22-/m0/s1. The molecular weight excluding hydrogens is 388 g/mol. The molecular formula is C23H22O7. The fraction of sp³-hybridized carbons (Fsp3) is 0.217. The van der Waals surface area contributed by atoms with Gasteiger partial charge in [0.2, 0.25) is 0 Å². The van der Waals surface area contributed by atoms with Gasteiger partial charge >= 0.3 is 5.97 Å². The minimum Gasteiger partial charge on any atom is -0.504 e. The number of ether oxygens (including phenoxy) is 1. The van der Waals surface area contributed by atoms with Gasteiger partial charge in [0.1, 0.15) is 6.10 Å². The Labute approximate surface area is 173 Å². The van der Waals surface area contributed by atoms with Crippen molar-refractivity contribution in [1.29, 1.82) is 0 Å². The van der Waals surface area contributed by atoms with E-state index in [1.165, 1.54) is 54.6 Å². The minimum atomic E-state index is -0.597. The molecule has 0 saturated heterocycles. The predicted octanol–water partition coefficient (Wildman–Crippen LogP) is 3.52. The van der Waals surface area contributed by atoms with Gasteiger partial charge in [-0.2, -0.15) is 0 Å². The van der Waals surface area contributed by atoms with Crippen molar-refractivity contribution in [3.05, 3.63) is 59.7 Å². The van der Waals surface area contributed by atoms with Crippen LogP contribution in [0.3, 0.4) is 0 Å². The van der Waals surface area contributed by atoms with Gasteiger partial charge in [0.15, 0.2) is 28.8 Å². The lowest BCUT2D eigenvalue weighted by molar-refractivity contribution is -0.145. The first-order chi connectivity index (χ1) is 14.3. The van der Waals surface area contributed by atoms with Gasteiger partial charge in [-0.1, -0.05) is 18.2 Å². The van der Waals surface area contributed by atoms with Crippen LogP contribution in [-0.4, -0.2) is 38.3 Å². The maximum atomic E-state index is 12.6. The van der Waals surface area contributed by atoms with Gasteiger partial charge < -0.3 is 25.2 Å². The van der Waals surface area contributed by atoms with E-state index in [0.717, 1.165) is 6.42 Å². The maximum absolute atomic E-state index is 12.6. The Balaban J connectivity index is 1.60. The molecule has 7 heteroatoms. The number of carbonyl (C=O) groups excluding carboxylic acids is 2. The van der Waals surface area contributed by atoms with Crippen LogP contribution in [0.25, 0.3) is 12.2 Å². The molecule has 0 bridgehead atoms. The van der Waals surface area contributed by atoms with Crippen LogP contribution in [0.5, 0.6) is 23.0 Å². The summed E-state index contributed by atoms with van der Waals surface area (Å²) in [6, 6.07) is 8.40. The predicted molar refractivity (Wildman–Crippen MR) is 110 cm³/mol. The van der Waals surface area contributed by atoms with Gasteiger partial charge in [0.25, 0.3) is 0 Å². The normalized spacial score (nSPS) is 18.8. The van der Waals surface area contributed by atoms with Gasteiger partial charge in [-0.05, 0) is 66.8 Å². The summed E-state index contributed by atoms with van der Waals surface area (Å²) >= 11 is 0. The molecule has 2 atom stereocenters. The molecule has 2 aromatic carbocycles. The number of aromatic hydroxyl groups is 4. The third kappa shape index (κ3) is 5.20. The molecule has 0 aliphatic heterocycles. The van der Waals surface area contributed by atoms with Crippen molar-refractivity contribution in [1.82, 2.24) is 0 Å².